The molecule has 0 saturated carbocycles. The Morgan fingerprint density at radius 3 is 2.73 bits per heavy atom. The Morgan fingerprint density at radius 1 is 1.20 bits per heavy atom. The number of aromatic nitrogens is 4. The standard InChI is InChI=1S/C19H20F2N6O2S/c1-2-17-24-19-8-4-13(11-27(19)25-17)23-18-7-5-14(10-22-18)30(28,29)26-12-3-6-15(20)16(21)9-12/h3,5-7,9-10,13,26H,2,4,8,11H2,1H3,(H,22,23). The molecule has 0 bridgehead atoms. The van der Waals surface area contributed by atoms with Crippen LogP contribution in [0.25, 0.3) is 0 Å². The Labute approximate surface area is 172 Å². The maximum atomic E-state index is 13.3. The number of halogens is 2. The van der Waals surface area contributed by atoms with Crippen molar-refractivity contribution in [2.75, 3.05) is 10.0 Å². The highest BCUT2D eigenvalue weighted by molar-refractivity contribution is 7.92. The van der Waals surface area contributed by atoms with E-state index in [9.17, 15) is 17.2 Å². The molecule has 4 rings (SSSR count). The van der Waals surface area contributed by atoms with Crippen molar-refractivity contribution in [3.05, 3.63) is 59.8 Å². The highest BCUT2D eigenvalue weighted by Gasteiger charge is 2.22. The summed E-state index contributed by atoms with van der Waals surface area (Å²) in [6.07, 6.45) is 3.66. The molecule has 3 heterocycles. The predicted molar refractivity (Wildman–Crippen MR) is 107 cm³/mol. The number of pyridine rings is 1. The lowest BCUT2D eigenvalue weighted by Crippen LogP contribution is -2.32. The molecule has 0 spiro atoms. The molecule has 0 aliphatic carbocycles. The van der Waals surface area contributed by atoms with Crippen molar-refractivity contribution in [3.8, 4) is 0 Å². The van der Waals surface area contributed by atoms with E-state index in [1.165, 1.54) is 12.3 Å². The maximum Gasteiger partial charge on any atom is 0.263 e. The number of rotatable bonds is 6. The van der Waals surface area contributed by atoms with Crippen LogP contribution in [0.15, 0.2) is 41.4 Å². The van der Waals surface area contributed by atoms with Gasteiger partial charge in [-0.3, -0.25) is 4.72 Å². The van der Waals surface area contributed by atoms with Gasteiger partial charge in [0.1, 0.15) is 16.5 Å². The van der Waals surface area contributed by atoms with Crippen molar-refractivity contribution in [2.24, 2.45) is 0 Å². The Morgan fingerprint density at radius 2 is 2.03 bits per heavy atom. The molecule has 158 valence electrons. The number of fused-ring (bicyclic) bond motifs is 1. The summed E-state index contributed by atoms with van der Waals surface area (Å²) in [5.74, 6) is 0.143. The van der Waals surface area contributed by atoms with Gasteiger partial charge in [-0.2, -0.15) is 5.10 Å². The van der Waals surface area contributed by atoms with Gasteiger partial charge in [-0.15, -0.1) is 0 Å². The van der Waals surface area contributed by atoms with Gasteiger partial charge in [-0.05, 0) is 30.7 Å². The van der Waals surface area contributed by atoms with E-state index in [4.69, 9.17) is 0 Å². The predicted octanol–water partition coefficient (Wildman–Crippen LogP) is 2.74. The molecule has 2 aromatic heterocycles. The average molecular weight is 434 g/mol. The number of anilines is 2. The zero-order valence-electron chi connectivity index (χ0n) is 16.1. The van der Waals surface area contributed by atoms with Gasteiger partial charge < -0.3 is 5.32 Å². The van der Waals surface area contributed by atoms with Crippen LogP contribution >= 0.6 is 0 Å². The minimum absolute atomic E-state index is 0.0756. The summed E-state index contributed by atoms with van der Waals surface area (Å²) in [7, 11) is -3.98. The third-order valence-electron chi connectivity index (χ3n) is 4.79. The minimum Gasteiger partial charge on any atom is -0.365 e. The smallest absolute Gasteiger partial charge is 0.263 e. The van der Waals surface area contributed by atoms with Crippen molar-refractivity contribution >= 4 is 21.5 Å². The van der Waals surface area contributed by atoms with Crippen LogP contribution in [0.3, 0.4) is 0 Å². The van der Waals surface area contributed by atoms with E-state index in [1.54, 1.807) is 6.07 Å². The molecule has 8 nitrogen and oxygen atoms in total. The zero-order chi connectivity index (χ0) is 21.3. The first kappa shape index (κ1) is 20.2. The second-order valence-electron chi connectivity index (χ2n) is 6.97. The lowest BCUT2D eigenvalue weighted by atomic mass is 10.1. The molecule has 1 unspecified atom stereocenters. The Hall–Kier alpha value is -3.08. The van der Waals surface area contributed by atoms with Crippen LogP contribution in [-0.2, 0) is 29.4 Å². The minimum atomic E-state index is -3.98. The van der Waals surface area contributed by atoms with Gasteiger partial charge in [0.2, 0.25) is 0 Å². The molecule has 0 radical (unpaired) electrons. The van der Waals surface area contributed by atoms with Gasteiger partial charge in [0.25, 0.3) is 10.0 Å². The van der Waals surface area contributed by atoms with Crippen molar-refractivity contribution in [3.63, 3.8) is 0 Å². The van der Waals surface area contributed by atoms with Gasteiger partial charge in [-0.1, -0.05) is 6.92 Å². The van der Waals surface area contributed by atoms with Crippen molar-refractivity contribution < 1.29 is 17.2 Å². The van der Waals surface area contributed by atoms with Crippen molar-refractivity contribution in [1.29, 1.82) is 0 Å². The van der Waals surface area contributed by atoms with Crippen LogP contribution < -0.4 is 10.0 Å². The van der Waals surface area contributed by atoms with Gasteiger partial charge in [0.15, 0.2) is 17.5 Å². The summed E-state index contributed by atoms with van der Waals surface area (Å²) >= 11 is 0. The molecule has 1 aliphatic heterocycles. The van der Waals surface area contributed by atoms with E-state index in [1.807, 2.05) is 11.6 Å². The third-order valence-corrected chi connectivity index (χ3v) is 6.16. The molecule has 0 fully saturated rings. The van der Waals surface area contributed by atoms with Crippen LogP contribution in [0.5, 0.6) is 0 Å². The summed E-state index contributed by atoms with van der Waals surface area (Å²) in [6.45, 7) is 2.67. The SMILES string of the molecule is CCc1nc2n(n1)CC(Nc1ccc(S(=O)(=O)Nc3ccc(F)c(F)c3)cn1)CC2. The summed E-state index contributed by atoms with van der Waals surface area (Å²) in [5.41, 5.74) is -0.0756. The zero-order valence-corrected chi connectivity index (χ0v) is 17.0. The summed E-state index contributed by atoms with van der Waals surface area (Å²) in [6, 6.07) is 5.84. The normalized spacial score (nSPS) is 16.2. The van der Waals surface area contributed by atoms with Crippen molar-refractivity contribution in [2.45, 2.75) is 43.7 Å². The second-order valence-corrected chi connectivity index (χ2v) is 8.66. The van der Waals surface area contributed by atoms with Crippen LogP contribution in [-0.4, -0.2) is 34.2 Å². The van der Waals surface area contributed by atoms with Gasteiger partial charge >= 0.3 is 0 Å². The summed E-state index contributed by atoms with van der Waals surface area (Å²) < 4.78 is 55.3. The molecule has 30 heavy (non-hydrogen) atoms. The number of hydrogen-bond donors (Lipinski definition) is 2. The first-order valence-electron chi connectivity index (χ1n) is 9.47. The van der Waals surface area contributed by atoms with E-state index in [0.717, 1.165) is 49.1 Å². The quantitative estimate of drug-likeness (QED) is 0.619. The Bertz CT molecular complexity index is 1160. The third kappa shape index (κ3) is 4.25. The summed E-state index contributed by atoms with van der Waals surface area (Å²) in [5, 5.41) is 7.75. The lowest BCUT2D eigenvalue weighted by molar-refractivity contribution is 0.439. The first-order valence-corrected chi connectivity index (χ1v) is 11.0. The largest absolute Gasteiger partial charge is 0.365 e. The van der Waals surface area contributed by atoms with E-state index in [0.29, 0.717) is 12.4 Å². The topological polar surface area (TPSA) is 102 Å². The molecule has 1 aliphatic rings. The molecule has 11 heteroatoms. The lowest BCUT2D eigenvalue weighted by Gasteiger charge is -2.24. The maximum absolute atomic E-state index is 13.3. The highest BCUT2D eigenvalue weighted by atomic mass is 32.2. The number of nitrogens with zero attached hydrogens (tertiary/aromatic N) is 4. The number of benzene rings is 1. The molecular formula is C19H20F2N6O2S. The molecule has 0 saturated heterocycles. The molecule has 3 aromatic rings. The molecule has 1 aromatic carbocycles. The highest BCUT2D eigenvalue weighted by Crippen LogP contribution is 2.20. The van der Waals surface area contributed by atoms with Gasteiger partial charge in [0.05, 0.1) is 12.2 Å². The summed E-state index contributed by atoms with van der Waals surface area (Å²) in [4.78, 5) is 8.57. The number of nitrogens with one attached hydrogen (secondary N) is 2. The second kappa shape index (κ2) is 7.98. The molecule has 0 amide bonds. The van der Waals surface area contributed by atoms with Gasteiger partial charge in [-0.25, -0.2) is 31.8 Å². The van der Waals surface area contributed by atoms with Crippen molar-refractivity contribution in [1.82, 2.24) is 19.7 Å². The fourth-order valence-corrected chi connectivity index (χ4v) is 4.23. The van der Waals surface area contributed by atoms with Crippen LogP contribution in [0.4, 0.5) is 20.3 Å². The molecule has 1 atom stereocenters. The fourth-order valence-electron chi connectivity index (χ4n) is 3.24. The van der Waals surface area contributed by atoms with Crippen LogP contribution in [0.2, 0.25) is 0 Å². The van der Waals surface area contributed by atoms with E-state index in [2.05, 4.69) is 25.1 Å². The first-order chi connectivity index (χ1) is 14.3. The van der Waals surface area contributed by atoms with E-state index >= 15 is 0 Å². The molecule has 2 N–H and O–H groups in total. The average Bonchev–Trinajstić information content (AvgIpc) is 3.13. The fraction of sp³-hybridized carbons (Fsp3) is 0.316. The number of sulfonamides is 1. The Balaban J connectivity index is 1.42. The number of aryl methyl sites for hydroxylation is 2. The van der Waals surface area contributed by atoms with Gasteiger partial charge in [0, 0.05) is 31.1 Å². The van der Waals surface area contributed by atoms with Crippen LogP contribution in [0.1, 0.15) is 25.0 Å². The number of hydrogen-bond acceptors (Lipinski definition) is 6. The monoisotopic (exact) mass is 434 g/mol. The van der Waals surface area contributed by atoms with Crippen LogP contribution in [0, 0.1) is 11.6 Å². The Kier molecular flexibility index (Phi) is 5.37. The van der Waals surface area contributed by atoms with E-state index < -0.39 is 21.7 Å². The van der Waals surface area contributed by atoms with E-state index in [-0.39, 0.29) is 16.6 Å². The molecular weight excluding hydrogens is 414 g/mol.